The first-order valence-corrected chi connectivity index (χ1v) is 7.49. The molecule has 0 spiro atoms. The Morgan fingerprint density at radius 1 is 1.37 bits per heavy atom. The predicted octanol–water partition coefficient (Wildman–Crippen LogP) is 3.57. The molecule has 1 saturated heterocycles. The van der Waals surface area contributed by atoms with Crippen LogP contribution in [0, 0.1) is 11.8 Å². The van der Waals surface area contributed by atoms with Gasteiger partial charge in [0.05, 0.1) is 6.10 Å². The van der Waals surface area contributed by atoms with E-state index >= 15 is 0 Å². The number of hydrogen-bond donors (Lipinski definition) is 1. The van der Waals surface area contributed by atoms with Gasteiger partial charge in [-0.25, -0.2) is 0 Å². The summed E-state index contributed by atoms with van der Waals surface area (Å²) in [5.74, 6) is 1.29. The van der Waals surface area contributed by atoms with Crippen molar-refractivity contribution in [3.05, 3.63) is 35.4 Å². The zero-order valence-electron chi connectivity index (χ0n) is 12.6. The van der Waals surface area contributed by atoms with Gasteiger partial charge in [-0.2, -0.15) is 0 Å². The highest BCUT2D eigenvalue weighted by Crippen LogP contribution is 2.33. The minimum absolute atomic E-state index is 0.353. The maximum atomic E-state index is 5.72. The average Bonchev–Trinajstić information content (AvgIpc) is 2.77. The maximum absolute atomic E-state index is 5.72. The van der Waals surface area contributed by atoms with Crippen molar-refractivity contribution in [1.29, 1.82) is 0 Å². The molecular formula is C17H27NO. The summed E-state index contributed by atoms with van der Waals surface area (Å²) in [5.41, 5.74) is 2.85. The molecule has 2 nitrogen and oxygen atoms in total. The molecule has 0 saturated carbocycles. The Morgan fingerprint density at radius 3 is 2.74 bits per heavy atom. The van der Waals surface area contributed by atoms with Gasteiger partial charge in [-0.3, -0.25) is 0 Å². The van der Waals surface area contributed by atoms with E-state index in [9.17, 15) is 0 Å². The lowest BCUT2D eigenvalue weighted by Crippen LogP contribution is -2.29. The molecule has 0 radical (unpaired) electrons. The van der Waals surface area contributed by atoms with Crippen LogP contribution in [-0.4, -0.2) is 19.8 Å². The molecule has 1 aromatic rings. The van der Waals surface area contributed by atoms with Gasteiger partial charge >= 0.3 is 0 Å². The highest BCUT2D eigenvalue weighted by Gasteiger charge is 2.31. The summed E-state index contributed by atoms with van der Waals surface area (Å²) < 4.78 is 5.72. The largest absolute Gasteiger partial charge is 0.378 e. The first kappa shape index (κ1) is 14.5. The molecule has 1 fully saturated rings. The Bertz CT molecular complexity index is 402. The van der Waals surface area contributed by atoms with Gasteiger partial charge in [-0.15, -0.1) is 0 Å². The van der Waals surface area contributed by atoms with E-state index in [1.54, 1.807) is 0 Å². The Morgan fingerprint density at radius 2 is 2.16 bits per heavy atom. The van der Waals surface area contributed by atoms with E-state index in [0.717, 1.165) is 19.4 Å². The molecule has 0 bridgehead atoms. The molecule has 1 heterocycles. The van der Waals surface area contributed by atoms with E-state index in [1.807, 2.05) is 0 Å². The summed E-state index contributed by atoms with van der Waals surface area (Å²) in [6.07, 6.45) is 2.66. The Labute approximate surface area is 117 Å². The number of hydrogen-bond acceptors (Lipinski definition) is 2. The van der Waals surface area contributed by atoms with Gasteiger partial charge in [0, 0.05) is 18.6 Å². The minimum Gasteiger partial charge on any atom is -0.378 e. The van der Waals surface area contributed by atoms with Gasteiger partial charge in [-0.1, -0.05) is 38.1 Å². The maximum Gasteiger partial charge on any atom is 0.0594 e. The molecule has 19 heavy (non-hydrogen) atoms. The molecule has 1 aromatic carbocycles. The van der Waals surface area contributed by atoms with Crippen LogP contribution in [-0.2, 0) is 11.2 Å². The third-order valence-corrected chi connectivity index (χ3v) is 4.13. The first-order valence-electron chi connectivity index (χ1n) is 7.49. The smallest absolute Gasteiger partial charge is 0.0594 e. The summed E-state index contributed by atoms with van der Waals surface area (Å²) in [6, 6.07) is 9.45. The van der Waals surface area contributed by atoms with Gasteiger partial charge in [-0.05, 0) is 43.9 Å². The van der Waals surface area contributed by atoms with Crippen LogP contribution in [0.2, 0.25) is 0 Å². The van der Waals surface area contributed by atoms with Crippen molar-refractivity contribution in [2.24, 2.45) is 11.8 Å². The Hall–Kier alpha value is -0.860. The first-order chi connectivity index (χ1) is 9.11. The molecule has 3 unspecified atom stereocenters. The van der Waals surface area contributed by atoms with Crippen LogP contribution in [0.15, 0.2) is 24.3 Å². The fourth-order valence-electron chi connectivity index (χ4n) is 3.20. The van der Waals surface area contributed by atoms with Crippen LogP contribution < -0.4 is 5.32 Å². The van der Waals surface area contributed by atoms with Gasteiger partial charge in [0.1, 0.15) is 0 Å². The van der Waals surface area contributed by atoms with Crippen LogP contribution in [0.4, 0.5) is 0 Å². The summed E-state index contributed by atoms with van der Waals surface area (Å²) >= 11 is 0. The van der Waals surface area contributed by atoms with E-state index in [4.69, 9.17) is 4.74 Å². The molecule has 0 aromatic heterocycles. The quantitative estimate of drug-likeness (QED) is 0.875. The lowest BCUT2D eigenvalue weighted by molar-refractivity contribution is 0.0963. The number of benzene rings is 1. The number of nitrogens with one attached hydrogen (secondary N) is 1. The van der Waals surface area contributed by atoms with Crippen molar-refractivity contribution in [3.63, 3.8) is 0 Å². The van der Waals surface area contributed by atoms with Crippen LogP contribution >= 0.6 is 0 Å². The molecule has 1 aliphatic rings. The van der Waals surface area contributed by atoms with Gasteiger partial charge < -0.3 is 10.1 Å². The van der Waals surface area contributed by atoms with Crippen LogP contribution in [0.5, 0.6) is 0 Å². The van der Waals surface area contributed by atoms with Crippen molar-refractivity contribution in [3.8, 4) is 0 Å². The summed E-state index contributed by atoms with van der Waals surface area (Å²) in [5, 5.41) is 3.49. The van der Waals surface area contributed by atoms with Crippen molar-refractivity contribution in [2.45, 2.75) is 45.8 Å². The van der Waals surface area contributed by atoms with Crippen LogP contribution in [0.3, 0.4) is 0 Å². The molecule has 106 valence electrons. The zero-order chi connectivity index (χ0) is 13.8. The van der Waals surface area contributed by atoms with Crippen molar-refractivity contribution >= 4 is 0 Å². The van der Waals surface area contributed by atoms with Gasteiger partial charge in [0.25, 0.3) is 0 Å². The summed E-state index contributed by atoms with van der Waals surface area (Å²) in [7, 11) is 2.06. The summed E-state index contributed by atoms with van der Waals surface area (Å²) in [6.45, 7) is 7.64. The number of rotatable bonds is 5. The predicted molar refractivity (Wildman–Crippen MR) is 80.3 cm³/mol. The monoisotopic (exact) mass is 261 g/mol. The Balaban J connectivity index is 2.18. The standard InChI is InChI=1S/C17H27NO/c1-12(2)10-14-6-5-7-15(11-14)17(18-4)16-8-9-19-13(16)3/h5-7,11-13,16-18H,8-10H2,1-4H3. The summed E-state index contributed by atoms with van der Waals surface area (Å²) in [4.78, 5) is 0. The normalized spacial score (nSPS) is 24.9. The average molecular weight is 261 g/mol. The van der Waals surface area contributed by atoms with E-state index in [0.29, 0.717) is 24.0 Å². The molecule has 0 aliphatic carbocycles. The fourth-order valence-corrected chi connectivity index (χ4v) is 3.20. The molecule has 1 aliphatic heterocycles. The molecule has 2 rings (SSSR count). The highest BCUT2D eigenvalue weighted by molar-refractivity contribution is 5.27. The molecule has 0 amide bonds. The highest BCUT2D eigenvalue weighted by atomic mass is 16.5. The third kappa shape index (κ3) is 3.58. The molecule has 1 N–H and O–H groups in total. The second kappa shape index (κ2) is 6.53. The fraction of sp³-hybridized carbons (Fsp3) is 0.647. The van der Waals surface area contributed by atoms with Crippen molar-refractivity contribution in [2.75, 3.05) is 13.7 Å². The SMILES string of the molecule is CNC(c1cccc(CC(C)C)c1)C1CCOC1C. The lowest BCUT2D eigenvalue weighted by Gasteiger charge is -2.26. The van der Waals surface area contributed by atoms with Gasteiger partial charge in [0.2, 0.25) is 0 Å². The molecule has 3 atom stereocenters. The molecule has 2 heteroatoms. The van der Waals surface area contributed by atoms with E-state index in [1.165, 1.54) is 11.1 Å². The topological polar surface area (TPSA) is 21.3 Å². The van der Waals surface area contributed by atoms with Crippen molar-refractivity contribution in [1.82, 2.24) is 5.32 Å². The molecular weight excluding hydrogens is 234 g/mol. The van der Waals surface area contributed by atoms with Crippen molar-refractivity contribution < 1.29 is 4.74 Å². The van der Waals surface area contributed by atoms with E-state index < -0.39 is 0 Å². The second-order valence-electron chi connectivity index (χ2n) is 6.14. The Kier molecular flexibility index (Phi) is 5.00. The number of ether oxygens (including phenoxy) is 1. The van der Waals surface area contributed by atoms with E-state index in [-0.39, 0.29) is 0 Å². The lowest BCUT2D eigenvalue weighted by atomic mass is 9.87. The van der Waals surface area contributed by atoms with Crippen LogP contribution in [0.25, 0.3) is 0 Å². The van der Waals surface area contributed by atoms with Crippen LogP contribution in [0.1, 0.15) is 44.4 Å². The zero-order valence-corrected chi connectivity index (χ0v) is 12.6. The second-order valence-corrected chi connectivity index (χ2v) is 6.14. The third-order valence-electron chi connectivity index (χ3n) is 4.13. The minimum atomic E-state index is 0.353. The van der Waals surface area contributed by atoms with Gasteiger partial charge in [0.15, 0.2) is 0 Å². The van der Waals surface area contributed by atoms with E-state index in [2.05, 4.69) is 57.4 Å².